The topological polar surface area (TPSA) is 51.5 Å². The van der Waals surface area contributed by atoms with Crippen LogP contribution in [0.5, 0.6) is 0 Å². The number of likely N-dealkylation sites (tertiary alicyclic amines) is 1. The Morgan fingerprint density at radius 1 is 1.28 bits per heavy atom. The normalized spacial score (nSPS) is 18.9. The van der Waals surface area contributed by atoms with Gasteiger partial charge in [0, 0.05) is 38.7 Å². The number of alkyl halides is 2. The number of Topliss-reactive ketones (excluding diaryl/α,β-unsaturated/α-hetero) is 1. The lowest BCUT2D eigenvalue weighted by molar-refractivity contribution is -0.140. The largest absolute Gasteiger partial charge is 0.381 e. The molecule has 3 rings (SSSR count). The van der Waals surface area contributed by atoms with Crippen LogP contribution in [0.2, 0.25) is 0 Å². The Labute approximate surface area is 144 Å². The molecule has 1 aromatic rings. The summed E-state index contributed by atoms with van der Waals surface area (Å²) in [6.45, 7) is 2.43. The van der Waals surface area contributed by atoms with Crippen molar-refractivity contribution in [3.8, 4) is 0 Å². The van der Waals surface area contributed by atoms with E-state index in [2.05, 4.69) is 4.90 Å². The van der Waals surface area contributed by atoms with E-state index >= 15 is 0 Å². The quantitative estimate of drug-likeness (QED) is 0.597. The molecule has 1 aromatic heterocycles. The fourth-order valence-electron chi connectivity index (χ4n) is 3.66. The predicted molar refractivity (Wildman–Crippen MR) is 86.7 cm³/mol. The maximum absolute atomic E-state index is 13.8. The maximum atomic E-state index is 13.8. The van der Waals surface area contributed by atoms with Crippen molar-refractivity contribution < 1.29 is 22.7 Å². The molecule has 1 aliphatic carbocycles. The minimum Gasteiger partial charge on any atom is -0.381 e. The lowest BCUT2D eigenvalue weighted by Crippen LogP contribution is -2.64. The number of halogens is 3. The molecule has 8 heteroatoms. The van der Waals surface area contributed by atoms with E-state index in [4.69, 9.17) is 4.74 Å². The summed E-state index contributed by atoms with van der Waals surface area (Å²) in [5.74, 6) is -0.921. The summed E-state index contributed by atoms with van der Waals surface area (Å²) in [5.41, 5.74) is -0.111. The van der Waals surface area contributed by atoms with Crippen LogP contribution in [-0.2, 0) is 11.3 Å². The summed E-state index contributed by atoms with van der Waals surface area (Å²) in [6.07, 6.45) is 2.57. The number of carbonyl (C=O) groups is 1. The van der Waals surface area contributed by atoms with Crippen molar-refractivity contribution in [1.29, 1.82) is 0 Å². The number of ether oxygens (including phenoxy) is 1. The lowest BCUT2D eigenvalue weighted by Gasteiger charge is -2.58. The Balaban J connectivity index is 0.000000701. The van der Waals surface area contributed by atoms with Gasteiger partial charge in [0.2, 0.25) is 6.93 Å². The molecule has 0 aromatic carbocycles. The summed E-state index contributed by atoms with van der Waals surface area (Å²) >= 11 is 0. The Hall–Kier alpha value is -1.67. The van der Waals surface area contributed by atoms with E-state index in [-0.39, 0.29) is 17.9 Å². The summed E-state index contributed by atoms with van der Waals surface area (Å²) in [7, 11) is 1.74. The molecule has 1 saturated carbocycles. The van der Waals surface area contributed by atoms with E-state index in [0.717, 1.165) is 30.5 Å². The highest BCUT2D eigenvalue weighted by Gasteiger charge is 2.52. The molecular weight excluding hydrogens is 337 g/mol. The van der Waals surface area contributed by atoms with Crippen LogP contribution in [-0.4, -0.2) is 55.0 Å². The molecule has 1 saturated heterocycles. The van der Waals surface area contributed by atoms with Gasteiger partial charge in [0.15, 0.2) is 11.7 Å². The lowest BCUT2D eigenvalue weighted by atomic mass is 9.62. The highest BCUT2D eigenvalue weighted by molar-refractivity contribution is 5.93. The Bertz CT molecular complexity index is 664. The van der Waals surface area contributed by atoms with Crippen molar-refractivity contribution in [3.63, 3.8) is 0 Å². The van der Waals surface area contributed by atoms with E-state index in [1.807, 2.05) is 0 Å². The van der Waals surface area contributed by atoms with Crippen LogP contribution >= 0.6 is 0 Å². The number of rotatable bonds is 5. The van der Waals surface area contributed by atoms with Crippen LogP contribution in [0, 0.1) is 11.4 Å². The number of aromatic nitrogens is 1. The van der Waals surface area contributed by atoms with Gasteiger partial charge in [-0.15, -0.1) is 0 Å². The van der Waals surface area contributed by atoms with Crippen LogP contribution < -0.4 is 5.56 Å². The molecule has 0 amide bonds. The highest BCUT2D eigenvalue weighted by atomic mass is 19.3. The number of methoxy groups -OCH3 is 1. The van der Waals surface area contributed by atoms with Crippen molar-refractivity contribution >= 4 is 5.78 Å². The molecule has 1 spiro atoms. The van der Waals surface area contributed by atoms with Gasteiger partial charge < -0.3 is 9.64 Å². The summed E-state index contributed by atoms with van der Waals surface area (Å²) < 4.78 is 39.4. The third-order valence-corrected chi connectivity index (χ3v) is 4.91. The van der Waals surface area contributed by atoms with E-state index in [9.17, 15) is 22.8 Å². The zero-order valence-electron chi connectivity index (χ0n) is 14.4. The van der Waals surface area contributed by atoms with Gasteiger partial charge >= 0.3 is 0 Å². The first-order valence-electron chi connectivity index (χ1n) is 8.13. The number of ketones is 1. The minimum atomic E-state index is -1.75. The van der Waals surface area contributed by atoms with Gasteiger partial charge in [-0.25, -0.2) is 8.78 Å². The van der Waals surface area contributed by atoms with Crippen LogP contribution in [0.25, 0.3) is 0 Å². The van der Waals surface area contributed by atoms with Crippen LogP contribution in [0.4, 0.5) is 13.2 Å². The molecular formula is C17H23F3N2O3. The molecule has 2 heterocycles. The van der Waals surface area contributed by atoms with Crippen molar-refractivity contribution in [2.75, 3.05) is 33.7 Å². The molecule has 5 nitrogen and oxygen atoms in total. The van der Waals surface area contributed by atoms with Crippen LogP contribution in [0.3, 0.4) is 0 Å². The van der Waals surface area contributed by atoms with Gasteiger partial charge in [-0.2, -0.15) is 4.39 Å². The summed E-state index contributed by atoms with van der Waals surface area (Å²) in [4.78, 5) is 25.7. The Kier molecular flexibility index (Phi) is 6.40. The molecule has 0 radical (unpaired) electrons. The molecule has 0 N–H and O–H groups in total. The molecule has 140 valence electrons. The minimum absolute atomic E-state index is 0.0448. The molecule has 2 aliphatic rings. The van der Waals surface area contributed by atoms with Gasteiger partial charge in [0.1, 0.15) is 0 Å². The molecule has 0 bridgehead atoms. The fraction of sp³-hybridized carbons (Fsp3) is 0.647. The van der Waals surface area contributed by atoms with Crippen LogP contribution in [0.1, 0.15) is 30.1 Å². The first-order chi connectivity index (χ1) is 11.9. The SMILES string of the molecule is COC1CC2(C1)CN(CCn1c(F)ccc(C(C)=O)c1=O)C2.FCF. The highest BCUT2D eigenvalue weighted by Crippen LogP contribution is 2.49. The summed E-state index contributed by atoms with van der Waals surface area (Å²) in [5, 5.41) is 0. The van der Waals surface area contributed by atoms with Gasteiger partial charge in [-0.1, -0.05) is 0 Å². The van der Waals surface area contributed by atoms with Crippen molar-refractivity contribution in [2.45, 2.75) is 32.4 Å². The predicted octanol–water partition coefficient (Wildman–Crippen LogP) is 2.18. The zero-order chi connectivity index (χ0) is 18.6. The molecule has 1 aliphatic heterocycles. The first-order valence-corrected chi connectivity index (χ1v) is 8.13. The molecule has 0 atom stereocenters. The second-order valence-electron chi connectivity index (χ2n) is 6.66. The fourth-order valence-corrected chi connectivity index (χ4v) is 3.66. The third-order valence-electron chi connectivity index (χ3n) is 4.91. The number of nitrogens with zero attached hydrogens (tertiary/aromatic N) is 2. The standard InChI is InChI=1S/C16H21FN2O3.CH2F2/c1-11(20)13-3-4-14(17)19(15(13)21)6-5-18-9-16(10-18)7-12(8-16)22-2;2-1-3/h3-4,12H,5-10H2,1-2H3;1H2. The van der Waals surface area contributed by atoms with Crippen LogP contribution in [0.15, 0.2) is 16.9 Å². The zero-order valence-corrected chi connectivity index (χ0v) is 14.4. The van der Waals surface area contributed by atoms with E-state index in [0.29, 0.717) is 18.1 Å². The third kappa shape index (κ3) is 4.30. The number of hydrogen-bond acceptors (Lipinski definition) is 4. The number of carbonyl (C=O) groups excluding carboxylic acids is 1. The van der Waals surface area contributed by atoms with Gasteiger partial charge in [0.05, 0.1) is 11.7 Å². The Morgan fingerprint density at radius 2 is 1.88 bits per heavy atom. The maximum Gasteiger partial charge on any atom is 0.263 e. The second kappa shape index (κ2) is 8.14. The van der Waals surface area contributed by atoms with E-state index in [1.165, 1.54) is 19.1 Å². The van der Waals surface area contributed by atoms with E-state index < -0.39 is 18.4 Å². The average molecular weight is 360 g/mol. The first kappa shape index (κ1) is 19.7. The molecule has 0 unspecified atom stereocenters. The number of hydrogen-bond donors (Lipinski definition) is 0. The summed E-state index contributed by atoms with van der Waals surface area (Å²) in [6, 6.07) is 2.44. The van der Waals surface area contributed by atoms with Crippen molar-refractivity contribution in [1.82, 2.24) is 9.47 Å². The van der Waals surface area contributed by atoms with Gasteiger partial charge in [-0.05, 0) is 31.9 Å². The molecule has 2 fully saturated rings. The van der Waals surface area contributed by atoms with Gasteiger partial charge in [0.25, 0.3) is 5.56 Å². The van der Waals surface area contributed by atoms with Gasteiger partial charge in [-0.3, -0.25) is 14.2 Å². The van der Waals surface area contributed by atoms with Crippen molar-refractivity contribution in [2.24, 2.45) is 5.41 Å². The van der Waals surface area contributed by atoms with E-state index in [1.54, 1.807) is 7.11 Å². The second-order valence-corrected chi connectivity index (χ2v) is 6.66. The Morgan fingerprint density at radius 3 is 2.40 bits per heavy atom. The molecule has 25 heavy (non-hydrogen) atoms. The smallest absolute Gasteiger partial charge is 0.263 e. The number of pyridine rings is 1. The monoisotopic (exact) mass is 360 g/mol. The average Bonchev–Trinajstić information content (AvgIpc) is 2.47. The van der Waals surface area contributed by atoms with Crippen molar-refractivity contribution in [3.05, 3.63) is 34.0 Å².